The minimum absolute atomic E-state index is 0.0878. The van der Waals surface area contributed by atoms with Gasteiger partial charge in [-0.25, -0.2) is 4.39 Å². The molecule has 0 radical (unpaired) electrons. The number of carbonyl (C=O) groups excluding carboxylic acids is 2. The van der Waals surface area contributed by atoms with Crippen LogP contribution in [0.3, 0.4) is 0 Å². The van der Waals surface area contributed by atoms with Crippen LogP contribution in [0, 0.1) is 5.82 Å². The van der Waals surface area contributed by atoms with Crippen molar-refractivity contribution in [3.63, 3.8) is 0 Å². The highest BCUT2D eigenvalue weighted by Gasteiger charge is 2.24. The van der Waals surface area contributed by atoms with Crippen molar-refractivity contribution < 1.29 is 18.4 Å². The quantitative estimate of drug-likeness (QED) is 0.892. The van der Waals surface area contributed by atoms with Crippen LogP contribution >= 0.6 is 0 Å². The lowest BCUT2D eigenvalue weighted by atomic mass is 10.2. The van der Waals surface area contributed by atoms with Gasteiger partial charge in [0.25, 0.3) is 5.91 Å². The maximum Gasteiger partial charge on any atom is 0.289 e. The number of hydrogen-bond donors (Lipinski definition) is 1. The summed E-state index contributed by atoms with van der Waals surface area (Å²) < 4.78 is 18.0. The van der Waals surface area contributed by atoms with Crippen LogP contribution in [0.4, 0.5) is 4.39 Å². The zero-order chi connectivity index (χ0) is 17.6. The van der Waals surface area contributed by atoms with Gasteiger partial charge in [0.2, 0.25) is 5.91 Å². The highest BCUT2D eigenvalue weighted by molar-refractivity contribution is 5.91. The second-order valence-electron chi connectivity index (χ2n) is 5.95. The molecule has 0 spiro atoms. The lowest BCUT2D eigenvalue weighted by molar-refractivity contribution is -0.122. The minimum Gasteiger partial charge on any atom is -0.459 e. The van der Waals surface area contributed by atoms with E-state index in [4.69, 9.17) is 4.42 Å². The number of nitrogens with one attached hydrogen (secondary N) is 1. The van der Waals surface area contributed by atoms with Gasteiger partial charge in [0, 0.05) is 32.7 Å². The molecule has 0 atom stereocenters. The fourth-order valence-electron chi connectivity index (χ4n) is 2.73. The number of furan rings is 1. The van der Waals surface area contributed by atoms with Crippen molar-refractivity contribution in [3.05, 3.63) is 59.8 Å². The van der Waals surface area contributed by atoms with E-state index >= 15 is 0 Å². The topological polar surface area (TPSA) is 65.8 Å². The van der Waals surface area contributed by atoms with Gasteiger partial charge in [0.05, 0.1) is 12.8 Å². The van der Waals surface area contributed by atoms with Gasteiger partial charge >= 0.3 is 0 Å². The Labute approximate surface area is 145 Å². The van der Waals surface area contributed by atoms with Crippen LogP contribution in [0.1, 0.15) is 16.1 Å². The van der Waals surface area contributed by atoms with Gasteiger partial charge in [-0.3, -0.25) is 14.5 Å². The SMILES string of the molecule is O=C(CN1CCN(C(=O)c2ccco2)CC1)NCc1ccc(F)cc1. The molecule has 0 unspecified atom stereocenters. The van der Waals surface area contributed by atoms with Crippen molar-refractivity contribution in [1.29, 1.82) is 0 Å². The fourth-order valence-corrected chi connectivity index (χ4v) is 2.73. The molecule has 0 saturated carbocycles. The van der Waals surface area contributed by atoms with Gasteiger partial charge in [0.15, 0.2) is 5.76 Å². The number of benzene rings is 1. The number of hydrogen-bond acceptors (Lipinski definition) is 4. The molecule has 25 heavy (non-hydrogen) atoms. The zero-order valence-electron chi connectivity index (χ0n) is 13.8. The first-order valence-corrected chi connectivity index (χ1v) is 8.18. The van der Waals surface area contributed by atoms with Gasteiger partial charge in [0.1, 0.15) is 5.82 Å². The summed E-state index contributed by atoms with van der Waals surface area (Å²) in [4.78, 5) is 27.9. The Morgan fingerprint density at radius 1 is 1.08 bits per heavy atom. The molecule has 0 bridgehead atoms. The lowest BCUT2D eigenvalue weighted by Crippen LogP contribution is -2.51. The number of rotatable bonds is 5. The molecule has 2 amide bonds. The van der Waals surface area contributed by atoms with E-state index in [2.05, 4.69) is 5.32 Å². The predicted molar refractivity (Wildman–Crippen MR) is 89.3 cm³/mol. The molecule has 1 aromatic carbocycles. The van der Waals surface area contributed by atoms with Gasteiger partial charge in [-0.05, 0) is 29.8 Å². The Morgan fingerprint density at radius 2 is 1.80 bits per heavy atom. The smallest absolute Gasteiger partial charge is 0.289 e. The molecule has 1 saturated heterocycles. The molecule has 7 heteroatoms. The maximum atomic E-state index is 12.8. The molecule has 1 aliphatic rings. The summed E-state index contributed by atoms with van der Waals surface area (Å²) in [5.74, 6) is -0.164. The van der Waals surface area contributed by atoms with E-state index in [9.17, 15) is 14.0 Å². The summed E-state index contributed by atoms with van der Waals surface area (Å²) in [6, 6.07) is 9.38. The average molecular weight is 345 g/mol. The van der Waals surface area contributed by atoms with Gasteiger partial charge in [-0.2, -0.15) is 0 Å². The summed E-state index contributed by atoms with van der Waals surface area (Å²) in [5.41, 5.74) is 0.851. The van der Waals surface area contributed by atoms with Crippen molar-refractivity contribution in [1.82, 2.24) is 15.1 Å². The highest BCUT2D eigenvalue weighted by Crippen LogP contribution is 2.09. The van der Waals surface area contributed by atoms with Crippen LogP contribution in [0.15, 0.2) is 47.1 Å². The zero-order valence-corrected chi connectivity index (χ0v) is 13.8. The number of piperazine rings is 1. The number of nitrogens with zero attached hydrogens (tertiary/aromatic N) is 2. The number of halogens is 1. The molecule has 0 aliphatic carbocycles. The van der Waals surface area contributed by atoms with E-state index in [1.165, 1.54) is 18.4 Å². The van der Waals surface area contributed by atoms with Crippen molar-refractivity contribution >= 4 is 11.8 Å². The Hall–Kier alpha value is -2.67. The van der Waals surface area contributed by atoms with E-state index < -0.39 is 0 Å². The average Bonchev–Trinajstić information content (AvgIpc) is 3.16. The van der Waals surface area contributed by atoms with E-state index in [1.54, 1.807) is 29.2 Å². The monoisotopic (exact) mass is 345 g/mol. The molecular formula is C18H20FN3O3. The first-order chi connectivity index (χ1) is 12.1. The first kappa shape index (κ1) is 17.2. The van der Waals surface area contributed by atoms with Crippen molar-refractivity contribution in [2.75, 3.05) is 32.7 Å². The molecule has 2 aromatic rings. The van der Waals surface area contributed by atoms with Gasteiger partial charge in [-0.1, -0.05) is 12.1 Å². The standard InChI is InChI=1S/C18H20FN3O3/c19-15-5-3-14(4-6-15)12-20-17(23)13-21-7-9-22(10-8-21)18(24)16-2-1-11-25-16/h1-6,11H,7-10,12-13H2,(H,20,23). The third kappa shape index (κ3) is 4.67. The van der Waals surface area contributed by atoms with Crippen LogP contribution < -0.4 is 5.32 Å². The van der Waals surface area contributed by atoms with Crippen LogP contribution in [0.5, 0.6) is 0 Å². The maximum absolute atomic E-state index is 12.8. The molecule has 1 aliphatic heterocycles. The Kier molecular flexibility index (Phi) is 5.45. The van der Waals surface area contributed by atoms with Crippen LogP contribution in [-0.2, 0) is 11.3 Å². The van der Waals surface area contributed by atoms with E-state index in [1.807, 2.05) is 4.90 Å². The third-order valence-electron chi connectivity index (χ3n) is 4.16. The first-order valence-electron chi connectivity index (χ1n) is 8.18. The predicted octanol–water partition coefficient (Wildman–Crippen LogP) is 1.49. The Bertz CT molecular complexity index is 708. The second-order valence-corrected chi connectivity index (χ2v) is 5.95. The van der Waals surface area contributed by atoms with Gasteiger partial charge in [-0.15, -0.1) is 0 Å². The van der Waals surface area contributed by atoms with Crippen LogP contribution in [-0.4, -0.2) is 54.3 Å². The molecular weight excluding hydrogens is 325 g/mol. The van der Waals surface area contributed by atoms with Crippen molar-refractivity contribution in [2.45, 2.75) is 6.54 Å². The summed E-state index contributed by atoms with van der Waals surface area (Å²) in [7, 11) is 0. The second kappa shape index (κ2) is 7.94. The third-order valence-corrected chi connectivity index (χ3v) is 4.16. The molecule has 6 nitrogen and oxygen atoms in total. The van der Waals surface area contributed by atoms with E-state index in [0.29, 0.717) is 38.5 Å². The lowest BCUT2D eigenvalue weighted by Gasteiger charge is -2.33. The van der Waals surface area contributed by atoms with Crippen LogP contribution in [0.25, 0.3) is 0 Å². The Balaban J connectivity index is 1.40. The van der Waals surface area contributed by atoms with E-state index in [-0.39, 0.29) is 24.2 Å². The summed E-state index contributed by atoms with van der Waals surface area (Å²) >= 11 is 0. The fraction of sp³-hybridized carbons (Fsp3) is 0.333. The molecule has 3 rings (SSSR count). The highest BCUT2D eigenvalue weighted by atomic mass is 19.1. The molecule has 2 heterocycles. The largest absolute Gasteiger partial charge is 0.459 e. The number of amides is 2. The minimum atomic E-state index is -0.294. The normalized spacial score (nSPS) is 15.2. The summed E-state index contributed by atoms with van der Waals surface area (Å²) in [6.45, 7) is 3.04. The molecule has 132 valence electrons. The summed E-state index contributed by atoms with van der Waals surface area (Å²) in [5, 5.41) is 2.82. The van der Waals surface area contributed by atoms with Crippen molar-refractivity contribution in [2.24, 2.45) is 0 Å². The van der Waals surface area contributed by atoms with Gasteiger partial charge < -0.3 is 14.6 Å². The number of carbonyl (C=O) groups is 2. The molecule has 1 N–H and O–H groups in total. The van der Waals surface area contributed by atoms with E-state index in [0.717, 1.165) is 5.56 Å². The van der Waals surface area contributed by atoms with Crippen molar-refractivity contribution in [3.8, 4) is 0 Å². The molecule has 1 aromatic heterocycles. The summed E-state index contributed by atoms with van der Waals surface area (Å²) in [6.07, 6.45) is 1.48. The van der Waals surface area contributed by atoms with Crippen LogP contribution in [0.2, 0.25) is 0 Å². The molecule has 1 fully saturated rings. The Morgan fingerprint density at radius 3 is 2.44 bits per heavy atom.